The molecular weight excluding hydrogens is 350 g/mol. The van der Waals surface area contributed by atoms with Crippen LogP contribution in [-0.4, -0.2) is 74.7 Å². The van der Waals surface area contributed by atoms with E-state index in [4.69, 9.17) is 0 Å². The van der Waals surface area contributed by atoms with Crippen molar-refractivity contribution in [3.05, 3.63) is 29.8 Å². The Bertz CT molecular complexity index is 780. The highest BCUT2D eigenvalue weighted by molar-refractivity contribution is 7.89. The third-order valence-corrected chi connectivity index (χ3v) is 7.44. The van der Waals surface area contributed by atoms with Gasteiger partial charge < -0.3 is 9.80 Å². The quantitative estimate of drug-likeness (QED) is 0.800. The van der Waals surface area contributed by atoms with E-state index in [1.54, 1.807) is 18.2 Å². The van der Waals surface area contributed by atoms with Crippen LogP contribution >= 0.6 is 0 Å². The van der Waals surface area contributed by atoms with Crippen molar-refractivity contribution < 1.29 is 13.2 Å². The van der Waals surface area contributed by atoms with Crippen molar-refractivity contribution in [1.29, 1.82) is 0 Å². The second-order valence-corrected chi connectivity index (χ2v) is 9.85. The third kappa shape index (κ3) is 3.80. The molecule has 2 saturated heterocycles. The monoisotopic (exact) mass is 379 g/mol. The van der Waals surface area contributed by atoms with Crippen LogP contribution in [0.5, 0.6) is 0 Å². The molecule has 1 aromatic rings. The maximum absolute atomic E-state index is 13.0. The highest BCUT2D eigenvalue weighted by Gasteiger charge is 2.42. The summed E-state index contributed by atoms with van der Waals surface area (Å²) >= 11 is 0. The number of carbonyl (C=O) groups is 1. The zero-order valence-corrected chi connectivity index (χ0v) is 16.8. The van der Waals surface area contributed by atoms with Crippen LogP contribution in [-0.2, 0) is 14.8 Å². The molecular formula is C19H29N3O3S. The van der Waals surface area contributed by atoms with Crippen molar-refractivity contribution in [3.63, 3.8) is 0 Å². The summed E-state index contributed by atoms with van der Waals surface area (Å²) in [6.45, 7) is 7.52. The van der Waals surface area contributed by atoms with Gasteiger partial charge in [-0.05, 0) is 58.0 Å². The summed E-state index contributed by atoms with van der Waals surface area (Å²) in [7, 11) is -1.47. The standard InChI is InChI=1S/C19H29N3O3S/c1-16-6-4-7-17(14-16)26(24,25)22-10-5-9-21(12-13-22)18(23)19(2)8-11-20(3)15-19/h4,6-7,14H,5,8-13,15H2,1-3H3. The lowest BCUT2D eigenvalue weighted by molar-refractivity contribution is -0.140. The van der Waals surface area contributed by atoms with E-state index in [2.05, 4.69) is 4.90 Å². The van der Waals surface area contributed by atoms with Crippen LogP contribution in [0.4, 0.5) is 0 Å². The zero-order valence-electron chi connectivity index (χ0n) is 15.9. The summed E-state index contributed by atoms with van der Waals surface area (Å²) < 4.78 is 27.4. The number of hydrogen-bond donors (Lipinski definition) is 0. The Balaban J connectivity index is 1.71. The predicted octanol–water partition coefficient (Wildman–Crippen LogP) is 1.56. The molecule has 144 valence electrons. The topological polar surface area (TPSA) is 60.9 Å². The lowest BCUT2D eigenvalue weighted by atomic mass is 9.88. The van der Waals surface area contributed by atoms with Gasteiger partial charge in [0, 0.05) is 32.7 Å². The fraction of sp³-hybridized carbons (Fsp3) is 0.632. The van der Waals surface area contributed by atoms with Gasteiger partial charge in [0.25, 0.3) is 0 Å². The van der Waals surface area contributed by atoms with Gasteiger partial charge in [-0.1, -0.05) is 12.1 Å². The highest BCUT2D eigenvalue weighted by Crippen LogP contribution is 2.31. The van der Waals surface area contributed by atoms with Crippen molar-refractivity contribution in [2.24, 2.45) is 5.41 Å². The molecule has 0 aromatic heterocycles. The number of aryl methyl sites for hydroxylation is 1. The lowest BCUT2D eigenvalue weighted by Crippen LogP contribution is -2.45. The number of benzene rings is 1. The summed E-state index contributed by atoms with van der Waals surface area (Å²) in [4.78, 5) is 17.4. The number of sulfonamides is 1. The minimum atomic E-state index is -3.51. The minimum absolute atomic E-state index is 0.164. The van der Waals surface area contributed by atoms with E-state index >= 15 is 0 Å². The number of carbonyl (C=O) groups excluding carboxylic acids is 1. The second-order valence-electron chi connectivity index (χ2n) is 7.91. The number of rotatable bonds is 3. The Kier molecular flexibility index (Phi) is 5.42. The van der Waals surface area contributed by atoms with Crippen LogP contribution in [0.2, 0.25) is 0 Å². The average molecular weight is 380 g/mol. The summed E-state index contributed by atoms with van der Waals surface area (Å²) in [6.07, 6.45) is 1.53. The van der Waals surface area contributed by atoms with Crippen LogP contribution in [0.15, 0.2) is 29.2 Å². The van der Waals surface area contributed by atoms with Gasteiger partial charge in [0.15, 0.2) is 0 Å². The molecule has 0 radical (unpaired) electrons. The first-order chi connectivity index (χ1) is 12.2. The molecule has 2 heterocycles. The van der Waals surface area contributed by atoms with Gasteiger partial charge in [-0.15, -0.1) is 0 Å². The first kappa shape index (κ1) is 19.3. The molecule has 26 heavy (non-hydrogen) atoms. The molecule has 1 amide bonds. The smallest absolute Gasteiger partial charge is 0.243 e. The van der Waals surface area contributed by atoms with Crippen molar-refractivity contribution in [3.8, 4) is 0 Å². The lowest BCUT2D eigenvalue weighted by Gasteiger charge is -2.31. The maximum atomic E-state index is 13.0. The average Bonchev–Trinajstić information content (AvgIpc) is 2.81. The van der Waals surface area contributed by atoms with E-state index in [9.17, 15) is 13.2 Å². The molecule has 1 aromatic carbocycles. The van der Waals surface area contributed by atoms with Gasteiger partial charge in [0.05, 0.1) is 10.3 Å². The van der Waals surface area contributed by atoms with Crippen LogP contribution in [0, 0.1) is 12.3 Å². The minimum Gasteiger partial charge on any atom is -0.341 e. The molecule has 2 aliphatic heterocycles. The van der Waals surface area contributed by atoms with Gasteiger partial charge in [-0.3, -0.25) is 4.79 Å². The van der Waals surface area contributed by atoms with Crippen molar-refractivity contribution in [1.82, 2.24) is 14.1 Å². The molecule has 7 heteroatoms. The summed E-state index contributed by atoms with van der Waals surface area (Å²) in [5.74, 6) is 0.164. The van der Waals surface area contributed by atoms with Gasteiger partial charge in [0.1, 0.15) is 0 Å². The van der Waals surface area contributed by atoms with Gasteiger partial charge in [-0.2, -0.15) is 4.31 Å². The van der Waals surface area contributed by atoms with E-state index in [0.29, 0.717) is 37.5 Å². The maximum Gasteiger partial charge on any atom is 0.243 e. The molecule has 2 fully saturated rings. The SMILES string of the molecule is Cc1cccc(S(=O)(=O)N2CCCN(C(=O)C3(C)CCN(C)C3)CC2)c1. The Morgan fingerprint density at radius 1 is 1.12 bits per heavy atom. The molecule has 6 nitrogen and oxygen atoms in total. The first-order valence-electron chi connectivity index (χ1n) is 9.27. The second kappa shape index (κ2) is 7.29. The molecule has 1 unspecified atom stereocenters. The molecule has 0 aliphatic carbocycles. The number of likely N-dealkylation sites (tertiary alicyclic amines) is 1. The molecule has 1 atom stereocenters. The van der Waals surface area contributed by atoms with Crippen LogP contribution < -0.4 is 0 Å². The number of hydrogen-bond acceptors (Lipinski definition) is 4. The van der Waals surface area contributed by atoms with E-state index in [1.807, 2.05) is 31.9 Å². The van der Waals surface area contributed by atoms with E-state index in [1.165, 1.54) is 4.31 Å². The van der Waals surface area contributed by atoms with Crippen LogP contribution in [0.1, 0.15) is 25.3 Å². The molecule has 0 spiro atoms. The first-order valence-corrected chi connectivity index (χ1v) is 10.7. The van der Waals surface area contributed by atoms with Crippen molar-refractivity contribution in [2.45, 2.75) is 31.6 Å². The molecule has 0 bridgehead atoms. The Morgan fingerprint density at radius 3 is 2.54 bits per heavy atom. The number of amides is 1. The zero-order chi connectivity index (χ0) is 18.9. The van der Waals surface area contributed by atoms with Crippen LogP contribution in [0.25, 0.3) is 0 Å². The largest absolute Gasteiger partial charge is 0.341 e. The van der Waals surface area contributed by atoms with Crippen molar-refractivity contribution in [2.75, 3.05) is 46.3 Å². The summed E-state index contributed by atoms with van der Waals surface area (Å²) in [5.41, 5.74) is 0.579. The molecule has 3 rings (SSSR count). The Labute approximate surface area is 156 Å². The third-order valence-electron chi connectivity index (χ3n) is 5.55. The van der Waals surface area contributed by atoms with E-state index in [0.717, 1.165) is 25.1 Å². The number of nitrogens with zero attached hydrogens (tertiary/aromatic N) is 3. The van der Waals surface area contributed by atoms with E-state index in [-0.39, 0.29) is 11.3 Å². The highest BCUT2D eigenvalue weighted by atomic mass is 32.2. The molecule has 0 N–H and O–H groups in total. The van der Waals surface area contributed by atoms with Gasteiger partial charge >= 0.3 is 0 Å². The summed E-state index contributed by atoms with van der Waals surface area (Å²) in [5, 5.41) is 0. The Morgan fingerprint density at radius 2 is 1.88 bits per heavy atom. The van der Waals surface area contributed by atoms with Gasteiger partial charge in [0.2, 0.25) is 15.9 Å². The fourth-order valence-corrected chi connectivity index (χ4v) is 5.58. The normalized spacial score (nSPS) is 26.0. The van der Waals surface area contributed by atoms with E-state index < -0.39 is 10.0 Å². The van der Waals surface area contributed by atoms with Gasteiger partial charge in [-0.25, -0.2) is 8.42 Å². The van der Waals surface area contributed by atoms with Crippen molar-refractivity contribution >= 4 is 15.9 Å². The fourth-order valence-electron chi connectivity index (χ4n) is 4.01. The molecule has 0 saturated carbocycles. The predicted molar refractivity (Wildman–Crippen MR) is 101 cm³/mol. The van der Waals surface area contributed by atoms with Crippen LogP contribution in [0.3, 0.4) is 0 Å². The molecule has 2 aliphatic rings. The summed E-state index contributed by atoms with van der Waals surface area (Å²) in [6, 6.07) is 7.01. The Hall–Kier alpha value is -1.44.